The number of amides is 1. The average molecular weight is 245 g/mol. The molecular weight excluding hydrogens is 222 g/mol. The van der Waals surface area contributed by atoms with Gasteiger partial charge >= 0.3 is 0 Å². The van der Waals surface area contributed by atoms with Crippen LogP contribution in [0.3, 0.4) is 0 Å². The summed E-state index contributed by atoms with van der Waals surface area (Å²) in [7, 11) is 0. The van der Waals surface area contributed by atoms with E-state index in [1.807, 2.05) is 31.2 Å². The SMILES string of the molecule is Cc1cccc(C(=O)NCCC2CCCCC2)c1. The monoisotopic (exact) mass is 245 g/mol. The van der Waals surface area contributed by atoms with Gasteiger partial charge in [0.2, 0.25) is 0 Å². The highest BCUT2D eigenvalue weighted by Crippen LogP contribution is 2.25. The van der Waals surface area contributed by atoms with Gasteiger partial charge in [0.25, 0.3) is 5.91 Å². The lowest BCUT2D eigenvalue weighted by Gasteiger charge is -2.21. The molecule has 1 aromatic carbocycles. The summed E-state index contributed by atoms with van der Waals surface area (Å²) in [6, 6.07) is 7.77. The normalized spacial score (nSPS) is 16.5. The smallest absolute Gasteiger partial charge is 0.251 e. The Bertz CT molecular complexity index is 394. The number of aryl methyl sites for hydroxylation is 1. The summed E-state index contributed by atoms with van der Waals surface area (Å²) in [5, 5.41) is 3.03. The van der Waals surface area contributed by atoms with Crippen LogP contribution in [-0.2, 0) is 0 Å². The fourth-order valence-electron chi connectivity index (χ4n) is 2.75. The van der Waals surface area contributed by atoms with Crippen LogP contribution in [0.2, 0.25) is 0 Å². The Hall–Kier alpha value is -1.31. The summed E-state index contributed by atoms with van der Waals surface area (Å²) in [6.45, 7) is 2.83. The van der Waals surface area contributed by atoms with Crippen molar-refractivity contribution in [2.24, 2.45) is 5.92 Å². The van der Waals surface area contributed by atoms with Crippen LogP contribution in [0.5, 0.6) is 0 Å². The lowest BCUT2D eigenvalue weighted by atomic mass is 9.87. The molecule has 1 aliphatic carbocycles. The van der Waals surface area contributed by atoms with E-state index in [4.69, 9.17) is 0 Å². The second-order valence-corrected chi connectivity index (χ2v) is 5.42. The summed E-state index contributed by atoms with van der Waals surface area (Å²) < 4.78 is 0. The lowest BCUT2D eigenvalue weighted by molar-refractivity contribution is 0.0950. The molecule has 2 nitrogen and oxygen atoms in total. The van der Waals surface area contributed by atoms with Gasteiger partial charge < -0.3 is 5.32 Å². The van der Waals surface area contributed by atoms with E-state index in [1.165, 1.54) is 32.1 Å². The van der Waals surface area contributed by atoms with Gasteiger partial charge in [-0.1, -0.05) is 49.8 Å². The molecule has 1 aliphatic rings. The molecule has 0 spiro atoms. The first-order chi connectivity index (χ1) is 8.75. The average Bonchev–Trinajstić information content (AvgIpc) is 2.40. The molecular formula is C16H23NO. The summed E-state index contributed by atoms with van der Waals surface area (Å²) in [5.74, 6) is 0.895. The molecule has 1 fully saturated rings. The van der Waals surface area contributed by atoms with Gasteiger partial charge in [-0.25, -0.2) is 0 Å². The maximum absolute atomic E-state index is 11.9. The number of hydrogen-bond acceptors (Lipinski definition) is 1. The standard InChI is InChI=1S/C16H23NO/c1-13-6-5-9-15(12-13)16(18)17-11-10-14-7-3-2-4-8-14/h5-6,9,12,14H,2-4,7-8,10-11H2,1H3,(H,17,18). The second-order valence-electron chi connectivity index (χ2n) is 5.42. The van der Waals surface area contributed by atoms with Crippen LogP contribution >= 0.6 is 0 Å². The Morgan fingerprint density at radius 3 is 2.78 bits per heavy atom. The van der Waals surface area contributed by atoms with Crippen molar-refractivity contribution in [2.75, 3.05) is 6.54 Å². The zero-order chi connectivity index (χ0) is 12.8. The predicted octanol–water partition coefficient (Wildman–Crippen LogP) is 3.70. The van der Waals surface area contributed by atoms with Crippen molar-refractivity contribution >= 4 is 5.91 Å². The van der Waals surface area contributed by atoms with E-state index in [0.29, 0.717) is 0 Å². The largest absolute Gasteiger partial charge is 0.352 e. The van der Waals surface area contributed by atoms with E-state index in [0.717, 1.165) is 30.0 Å². The third kappa shape index (κ3) is 3.86. The molecule has 0 bridgehead atoms. The number of rotatable bonds is 4. The number of hydrogen-bond donors (Lipinski definition) is 1. The van der Waals surface area contributed by atoms with E-state index in [1.54, 1.807) is 0 Å². The van der Waals surface area contributed by atoms with Gasteiger partial charge in [0.05, 0.1) is 0 Å². The topological polar surface area (TPSA) is 29.1 Å². The van der Waals surface area contributed by atoms with Crippen LogP contribution < -0.4 is 5.32 Å². The molecule has 0 aliphatic heterocycles. The van der Waals surface area contributed by atoms with E-state index in [2.05, 4.69) is 5.32 Å². The van der Waals surface area contributed by atoms with Crippen LogP contribution in [-0.4, -0.2) is 12.5 Å². The minimum atomic E-state index is 0.0644. The molecule has 1 saturated carbocycles. The molecule has 0 heterocycles. The predicted molar refractivity (Wildman–Crippen MR) is 74.7 cm³/mol. The minimum absolute atomic E-state index is 0.0644. The molecule has 18 heavy (non-hydrogen) atoms. The molecule has 98 valence electrons. The first-order valence-corrected chi connectivity index (χ1v) is 7.10. The van der Waals surface area contributed by atoms with Gasteiger partial charge in [-0.3, -0.25) is 4.79 Å². The highest BCUT2D eigenvalue weighted by Gasteiger charge is 2.13. The summed E-state index contributed by atoms with van der Waals surface area (Å²) in [6.07, 6.45) is 7.97. The van der Waals surface area contributed by atoms with Gasteiger partial charge in [0, 0.05) is 12.1 Å². The summed E-state index contributed by atoms with van der Waals surface area (Å²) in [4.78, 5) is 11.9. The molecule has 1 N–H and O–H groups in total. The molecule has 0 saturated heterocycles. The Balaban J connectivity index is 1.74. The number of carbonyl (C=O) groups excluding carboxylic acids is 1. The lowest BCUT2D eigenvalue weighted by Crippen LogP contribution is -2.26. The van der Waals surface area contributed by atoms with Gasteiger partial charge in [-0.2, -0.15) is 0 Å². The molecule has 2 heteroatoms. The van der Waals surface area contributed by atoms with E-state index < -0.39 is 0 Å². The summed E-state index contributed by atoms with van der Waals surface area (Å²) in [5.41, 5.74) is 1.91. The molecule has 0 atom stereocenters. The van der Waals surface area contributed by atoms with Crippen LogP contribution in [0.1, 0.15) is 54.4 Å². The van der Waals surface area contributed by atoms with Gasteiger partial charge in [-0.05, 0) is 31.4 Å². The fraction of sp³-hybridized carbons (Fsp3) is 0.562. The van der Waals surface area contributed by atoms with E-state index >= 15 is 0 Å². The second kappa shape index (κ2) is 6.58. The number of nitrogens with one attached hydrogen (secondary N) is 1. The Labute approximate surface area is 110 Å². The zero-order valence-electron chi connectivity index (χ0n) is 11.2. The molecule has 1 amide bonds. The van der Waals surface area contributed by atoms with Crippen LogP contribution in [0, 0.1) is 12.8 Å². The maximum Gasteiger partial charge on any atom is 0.251 e. The van der Waals surface area contributed by atoms with Gasteiger partial charge in [0.1, 0.15) is 0 Å². The Kier molecular flexibility index (Phi) is 4.80. The van der Waals surface area contributed by atoms with Crippen molar-refractivity contribution in [2.45, 2.75) is 45.4 Å². The Morgan fingerprint density at radius 2 is 2.06 bits per heavy atom. The minimum Gasteiger partial charge on any atom is -0.352 e. The van der Waals surface area contributed by atoms with Crippen LogP contribution in [0.25, 0.3) is 0 Å². The van der Waals surface area contributed by atoms with Crippen molar-refractivity contribution in [1.29, 1.82) is 0 Å². The van der Waals surface area contributed by atoms with Gasteiger partial charge in [-0.15, -0.1) is 0 Å². The number of carbonyl (C=O) groups is 1. The van der Waals surface area contributed by atoms with Gasteiger partial charge in [0.15, 0.2) is 0 Å². The quantitative estimate of drug-likeness (QED) is 0.861. The zero-order valence-corrected chi connectivity index (χ0v) is 11.2. The molecule has 0 aromatic heterocycles. The first kappa shape index (κ1) is 13.1. The van der Waals surface area contributed by atoms with Crippen molar-refractivity contribution in [3.63, 3.8) is 0 Å². The maximum atomic E-state index is 11.9. The Morgan fingerprint density at radius 1 is 1.28 bits per heavy atom. The first-order valence-electron chi connectivity index (χ1n) is 7.10. The third-order valence-electron chi connectivity index (χ3n) is 3.84. The van der Waals surface area contributed by atoms with E-state index in [-0.39, 0.29) is 5.91 Å². The highest BCUT2D eigenvalue weighted by molar-refractivity contribution is 5.94. The van der Waals surface area contributed by atoms with Crippen molar-refractivity contribution in [3.8, 4) is 0 Å². The van der Waals surface area contributed by atoms with Crippen molar-refractivity contribution < 1.29 is 4.79 Å². The van der Waals surface area contributed by atoms with E-state index in [9.17, 15) is 4.79 Å². The third-order valence-corrected chi connectivity index (χ3v) is 3.84. The van der Waals surface area contributed by atoms with Crippen molar-refractivity contribution in [1.82, 2.24) is 5.32 Å². The molecule has 1 aromatic rings. The highest BCUT2D eigenvalue weighted by atomic mass is 16.1. The van der Waals surface area contributed by atoms with Crippen LogP contribution in [0.4, 0.5) is 0 Å². The number of benzene rings is 1. The molecule has 0 radical (unpaired) electrons. The summed E-state index contributed by atoms with van der Waals surface area (Å²) >= 11 is 0. The van der Waals surface area contributed by atoms with Crippen LogP contribution in [0.15, 0.2) is 24.3 Å². The molecule has 2 rings (SSSR count). The fourth-order valence-corrected chi connectivity index (χ4v) is 2.75. The van der Waals surface area contributed by atoms with Crippen molar-refractivity contribution in [3.05, 3.63) is 35.4 Å². The molecule has 0 unspecified atom stereocenters.